The maximum atomic E-state index is 4.63. The minimum atomic E-state index is 0.628. The van der Waals surface area contributed by atoms with Gasteiger partial charge in [0.2, 0.25) is 5.95 Å². The molecule has 1 heterocycles. The molecule has 1 fully saturated rings. The third kappa shape index (κ3) is 3.06. The number of benzene rings is 1. The van der Waals surface area contributed by atoms with E-state index >= 15 is 0 Å². The number of nitrogens with zero attached hydrogens (tertiary/aromatic N) is 2. The molecule has 1 aromatic heterocycles. The van der Waals surface area contributed by atoms with Crippen LogP contribution in [0.2, 0.25) is 0 Å². The second-order valence-electron chi connectivity index (χ2n) is 5.53. The van der Waals surface area contributed by atoms with Gasteiger partial charge in [-0.1, -0.05) is 40.9 Å². The molecule has 0 spiro atoms. The van der Waals surface area contributed by atoms with E-state index in [4.69, 9.17) is 0 Å². The summed E-state index contributed by atoms with van der Waals surface area (Å²) < 4.78 is 3.45. The fraction of sp³-hybridized carbons (Fsp3) is 0.438. The molecule has 1 aliphatic rings. The molecule has 2 aromatic rings. The van der Waals surface area contributed by atoms with Crippen LogP contribution in [0.25, 0.3) is 0 Å². The topological polar surface area (TPSA) is 29.9 Å². The lowest BCUT2D eigenvalue weighted by Gasteiger charge is -2.15. The van der Waals surface area contributed by atoms with Gasteiger partial charge in [-0.2, -0.15) is 0 Å². The molecule has 1 aromatic carbocycles. The molecule has 3 rings (SSSR count). The Bertz CT molecular complexity index is 568. The van der Waals surface area contributed by atoms with Crippen molar-refractivity contribution in [2.24, 2.45) is 0 Å². The first kappa shape index (κ1) is 13.7. The number of halogens is 1. The summed E-state index contributed by atoms with van der Waals surface area (Å²) >= 11 is 3.46. The van der Waals surface area contributed by atoms with Crippen LogP contribution >= 0.6 is 15.9 Å². The molecule has 20 heavy (non-hydrogen) atoms. The quantitative estimate of drug-likeness (QED) is 0.880. The molecule has 0 unspecified atom stereocenters. The van der Waals surface area contributed by atoms with E-state index in [1.54, 1.807) is 0 Å². The van der Waals surface area contributed by atoms with Crippen LogP contribution in [0.5, 0.6) is 0 Å². The summed E-state index contributed by atoms with van der Waals surface area (Å²) in [6.45, 7) is 2.88. The number of rotatable bonds is 4. The molecule has 3 nitrogen and oxygen atoms in total. The highest BCUT2D eigenvalue weighted by Gasteiger charge is 2.19. The number of aromatic nitrogens is 2. The predicted molar refractivity (Wildman–Crippen MR) is 85.9 cm³/mol. The monoisotopic (exact) mass is 333 g/mol. The van der Waals surface area contributed by atoms with Crippen molar-refractivity contribution >= 4 is 21.9 Å². The maximum Gasteiger partial charge on any atom is 0.203 e. The largest absolute Gasteiger partial charge is 0.352 e. The highest BCUT2D eigenvalue weighted by Crippen LogP contribution is 2.32. The fourth-order valence-corrected chi connectivity index (χ4v) is 3.16. The van der Waals surface area contributed by atoms with Gasteiger partial charge in [0.15, 0.2) is 0 Å². The van der Waals surface area contributed by atoms with Crippen molar-refractivity contribution < 1.29 is 0 Å². The van der Waals surface area contributed by atoms with Gasteiger partial charge in [-0.15, -0.1) is 0 Å². The zero-order chi connectivity index (χ0) is 13.9. The van der Waals surface area contributed by atoms with E-state index < -0.39 is 0 Å². The van der Waals surface area contributed by atoms with Crippen molar-refractivity contribution in [2.75, 3.05) is 5.32 Å². The molecule has 1 saturated carbocycles. The molecule has 4 heteroatoms. The summed E-state index contributed by atoms with van der Waals surface area (Å²) in [6.07, 6.45) is 7.42. The number of anilines is 1. The van der Waals surface area contributed by atoms with E-state index in [0.717, 1.165) is 22.7 Å². The van der Waals surface area contributed by atoms with Crippen molar-refractivity contribution in [2.45, 2.75) is 45.2 Å². The lowest BCUT2D eigenvalue weighted by Crippen LogP contribution is -2.10. The number of hydrogen-bond donors (Lipinski definition) is 1. The van der Waals surface area contributed by atoms with Gasteiger partial charge in [0.1, 0.15) is 0 Å². The van der Waals surface area contributed by atoms with Gasteiger partial charge in [0.25, 0.3) is 0 Å². The number of hydrogen-bond acceptors (Lipinski definition) is 2. The van der Waals surface area contributed by atoms with Crippen molar-refractivity contribution in [3.05, 3.63) is 46.2 Å². The Hall–Kier alpha value is -1.29. The second kappa shape index (κ2) is 6.00. The van der Waals surface area contributed by atoms with Gasteiger partial charge in [0.05, 0.1) is 5.69 Å². The fourth-order valence-electron chi connectivity index (χ4n) is 2.89. The van der Waals surface area contributed by atoms with Gasteiger partial charge < -0.3 is 9.88 Å². The van der Waals surface area contributed by atoms with Crippen LogP contribution in [0.4, 0.5) is 5.95 Å². The van der Waals surface area contributed by atoms with Gasteiger partial charge in [0, 0.05) is 23.3 Å². The lowest BCUT2D eigenvalue weighted by atomic mass is 10.2. The minimum absolute atomic E-state index is 0.628. The first-order valence-corrected chi connectivity index (χ1v) is 8.05. The number of imidazole rings is 1. The third-order valence-corrected chi connectivity index (χ3v) is 4.46. The van der Waals surface area contributed by atoms with E-state index in [9.17, 15) is 0 Å². The molecular formula is C16H20BrN3. The number of aryl methyl sites for hydroxylation is 1. The van der Waals surface area contributed by atoms with Gasteiger partial charge >= 0.3 is 0 Å². The molecular weight excluding hydrogens is 314 g/mol. The standard InChI is InChI=1S/C16H20BrN3/c1-12-11-20(15-4-2-3-5-15)16(19-12)18-10-13-6-8-14(17)9-7-13/h6-9,11,15H,2-5,10H2,1H3,(H,18,19). The Morgan fingerprint density at radius 3 is 2.65 bits per heavy atom. The zero-order valence-corrected chi connectivity index (χ0v) is 13.4. The van der Waals surface area contributed by atoms with Crippen LogP contribution in [0.1, 0.15) is 43.0 Å². The SMILES string of the molecule is Cc1cn(C2CCCC2)c(NCc2ccc(Br)cc2)n1. The molecule has 0 atom stereocenters. The number of nitrogens with one attached hydrogen (secondary N) is 1. The molecule has 0 aliphatic heterocycles. The van der Waals surface area contributed by atoms with E-state index in [2.05, 4.69) is 68.2 Å². The van der Waals surface area contributed by atoms with E-state index in [1.165, 1.54) is 31.2 Å². The van der Waals surface area contributed by atoms with Gasteiger partial charge in [-0.25, -0.2) is 4.98 Å². The summed E-state index contributed by atoms with van der Waals surface area (Å²) in [6, 6.07) is 9.04. The smallest absolute Gasteiger partial charge is 0.203 e. The average Bonchev–Trinajstić information content (AvgIpc) is 3.07. The average molecular weight is 334 g/mol. The summed E-state index contributed by atoms with van der Waals surface area (Å²) in [4.78, 5) is 4.63. The molecule has 1 N–H and O–H groups in total. The van der Waals surface area contributed by atoms with E-state index in [-0.39, 0.29) is 0 Å². The Morgan fingerprint density at radius 2 is 1.95 bits per heavy atom. The highest BCUT2D eigenvalue weighted by molar-refractivity contribution is 9.10. The lowest BCUT2D eigenvalue weighted by molar-refractivity contribution is 0.522. The van der Waals surface area contributed by atoms with Crippen LogP contribution in [-0.4, -0.2) is 9.55 Å². The van der Waals surface area contributed by atoms with Crippen molar-refractivity contribution in [3.8, 4) is 0 Å². The van der Waals surface area contributed by atoms with E-state index in [1.807, 2.05) is 0 Å². The Labute approximate surface area is 128 Å². The Balaban J connectivity index is 1.72. The van der Waals surface area contributed by atoms with Crippen molar-refractivity contribution in [1.82, 2.24) is 9.55 Å². The predicted octanol–water partition coefficient (Wildman–Crippen LogP) is 4.68. The van der Waals surface area contributed by atoms with Crippen LogP contribution in [0.3, 0.4) is 0 Å². The summed E-state index contributed by atoms with van der Waals surface area (Å²) in [5.41, 5.74) is 2.36. The summed E-state index contributed by atoms with van der Waals surface area (Å²) in [5.74, 6) is 1.01. The Morgan fingerprint density at radius 1 is 1.25 bits per heavy atom. The second-order valence-corrected chi connectivity index (χ2v) is 6.45. The van der Waals surface area contributed by atoms with Crippen LogP contribution in [-0.2, 0) is 6.54 Å². The Kier molecular flexibility index (Phi) is 4.10. The molecule has 1 aliphatic carbocycles. The van der Waals surface area contributed by atoms with Crippen LogP contribution in [0.15, 0.2) is 34.9 Å². The normalized spacial score (nSPS) is 15.7. The van der Waals surface area contributed by atoms with E-state index in [0.29, 0.717) is 6.04 Å². The maximum absolute atomic E-state index is 4.63. The van der Waals surface area contributed by atoms with Gasteiger partial charge in [-0.05, 0) is 37.5 Å². The molecule has 0 amide bonds. The third-order valence-electron chi connectivity index (χ3n) is 3.93. The summed E-state index contributed by atoms with van der Waals surface area (Å²) in [5, 5.41) is 3.48. The highest BCUT2D eigenvalue weighted by atomic mass is 79.9. The zero-order valence-electron chi connectivity index (χ0n) is 11.8. The molecule has 0 bridgehead atoms. The molecule has 0 saturated heterocycles. The van der Waals surface area contributed by atoms with Crippen LogP contribution in [0, 0.1) is 6.92 Å². The van der Waals surface area contributed by atoms with Crippen LogP contribution < -0.4 is 5.32 Å². The molecule has 106 valence electrons. The summed E-state index contributed by atoms with van der Waals surface area (Å²) in [7, 11) is 0. The first-order valence-electron chi connectivity index (χ1n) is 7.26. The van der Waals surface area contributed by atoms with Crippen molar-refractivity contribution in [1.29, 1.82) is 0 Å². The minimum Gasteiger partial charge on any atom is -0.352 e. The van der Waals surface area contributed by atoms with Gasteiger partial charge in [-0.3, -0.25) is 0 Å². The molecule has 0 radical (unpaired) electrons. The first-order chi connectivity index (χ1) is 9.72. The van der Waals surface area contributed by atoms with Crippen molar-refractivity contribution in [3.63, 3.8) is 0 Å².